The zero-order chi connectivity index (χ0) is 12.6. The summed E-state index contributed by atoms with van der Waals surface area (Å²) in [5.74, 6) is 0. The van der Waals surface area contributed by atoms with Crippen LogP contribution in [-0.4, -0.2) is 14.9 Å². The number of aromatic nitrogens is 2. The van der Waals surface area contributed by atoms with E-state index in [4.69, 9.17) is 16.0 Å². The van der Waals surface area contributed by atoms with Crippen LogP contribution in [0.15, 0.2) is 23.0 Å². The summed E-state index contributed by atoms with van der Waals surface area (Å²) >= 11 is 6.15. The summed E-state index contributed by atoms with van der Waals surface area (Å²) in [6.07, 6.45) is 3.49. The molecule has 0 aliphatic carbocycles. The fourth-order valence-electron chi connectivity index (χ4n) is 1.89. The minimum Gasteiger partial charge on any atom is -0.472 e. The van der Waals surface area contributed by atoms with Crippen LogP contribution in [0.3, 0.4) is 0 Å². The van der Waals surface area contributed by atoms with Crippen LogP contribution >= 0.6 is 11.6 Å². The maximum Gasteiger partial charge on any atom is 0.130 e. The molecule has 2 rings (SSSR count). The lowest BCUT2D eigenvalue weighted by Crippen LogP contribution is -2.23. The molecule has 2 aromatic rings. The average Bonchev–Trinajstić information content (AvgIpc) is 2.84. The van der Waals surface area contributed by atoms with Crippen LogP contribution < -0.4 is 0 Å². The van der Waals surface area contributed by atoms with E-state index in [2.05, 4.69) is 5.10 Å². The van der Waals surface area contributed by atoms with Crippen LogP contribution in [0.5, 0.6) is 0 Å². The smallest absolute Gasteiger partial charge is 0.130 e. The fraction of sp³-hybridized carbons (Fsp3) is 0.417. The van der Waals surface area contributed by atoms with Crippen molar-refractivity contribution in [3.05, 3.63) is 40.6 Å². The van der Waals surface area contributed by atoms with E-state index in [-0.39, 0.29) is 0 Å². The third-order valence-corrected chi connectivity index (χ3v) is 3.41. The second-order valence-electron chi connectivity index (χ2n) is 4.44. The van der Waals surface area contributed by atoms with Crippen molar-refractivity contribution >= 4 is 11.6 Å². The van der Waals surface area contributed by atoms with Crippen molar-refractivity contribution in [3.63, 3.8) is 0 Å². The number of aryl methyl sites for hydroxylation is 2. The molecule has 0 spiro atoms. The van der Waals surface area contributed by atoms with Crippen molar-refractivity contribution in [2.75, 3.05) is 0 Å². The van der Waals surface area contributed by atoms with Gasteiger partial charge in [0, 0.05) is 24.6 Å². The molecule has 0 saturated carbocycles. The summed E-state index contributed by atoms with van der Waals surface area (Å²) < 4.78 is 6.60. The predicted octanol–water partition coefficient (Wildman–Crippen LogP) is 2.43. The summed E-state index contributed by atoms with van der Waals surface area (Å²) in [7, 11) is 1.78. The topological polar surface area (TPSA) is 51.2 Å². The number of hydrogen-bond donors (Lipinski definition) is 1. The van der Waals surface area contributed by atoms with Gasteiger partial charge in [-0.1, -0.05) is 11.6 Å². The predicted molar refractivity (Wildman–Crippen MR) is 64.9 cm³/mol. The first-order valence-corrected chi connectivity index (χ1v) is 5.72. The zero-order valence-electron chi connectivity index (χ0n) is 10.1. The molecule has 17 heavy (non-hydrogen) atoms. The van der Waals surface area contributed by atoms with E-state index < -0.39 is 5.60 Å². The van der Waals surface area contributed by atoms with Gasteiger partial charge in [0.1, 0.15) is 5.15 Å². The van der Waals surface area contributed by atoms with E-state index in [1.54, 1.807) is 37.2 Å². The van der Waals surface area contributed by atoms with Crippen molar-refractivity contribution in [1.29, 1.82) is 0 Å². The first-order valence-electron chi connectivity index (χ1n) is 5.35. The van der Waals surface area contributed by atoms with E-state index in [1.807, 2.05) is 6.92 Å². The van der Waals surface area contributed by atoms with E-state index >= 15 is 0 Å². The molecule has 0 amide bonds. The Labute approximate surface area is 105 Å². The van der Waals surface area contributed by atoms with E-state index in [1.165, 1.54) is 0 Å². The molecular weight excluding hydrogens is 240 g/mol. The van der Waals surface area contributed by atoms with Gasteiger partial charge in [-0.3, -0.25) is 4.68 Å². The molecule has 0 radical (unpaired) electrons. The lowest BCUT2D eigenvalue weighted by atomic mass is 9.91. The Kier molecular flexibility index (Phi) is 3.02. The van der Waals surface area contributed by atoms with Crippen LogP contribution in [-0.2, 0) is 19.1 Å². The minimum atomic E-state index is -1.01. The molecule has 0 saturated heterocycles. The first kappa shape index (κ1) is 12.2. The SMILES string of the molecule is Cc1nn(C)c(Cl)c1CC(C)(O)c1ccoc1. The molecule has 4 nitrogen and oxygen atoms in total. The quantitative estimate of drug-likeness (QED) is 0.915. The molecule has 5 heteroatoms. The number of halogens is 1. The van der Waals surface area contributed by atoms with Gasteiger partial charge in [0.05, 0.1) is 23.8 Å². The lowest BCUT2D eigenvalue weighted by Gasteiger charge is -2.21. The fourth-order valence-corrected chi connectivity index (χ4v) is 2.13. The van der Waals surface area contributed by atoms with Crippen molar-refractivity contribution < 1.29 is 9.52 Å². The van der Waals surface area contributed by atoms with Gasteiger partial charge in [0.2, 0.25) is 0 Å². The van der Waals surface area contributed by atoms with Gasteiger partial charge in [-0.2, -0.15) is 5.10 Å². The van der Waals surface area contributed by atoms with Crippen LogP contribution in [0.2, 0.25) is 5.15 Å². The van der Waals surface area contributed by atoms with Gasteiger partial charge in [0.25, 0.3) is 0 Å². The van der Waals surface area contributed by atoms with Gasteiger partial charge < -0.3 is 9.52 Å². The highest BCUT2D eigenvalue weighted by Crippen LogP contribution is 2.30. The maximum absolute atomic E-state index is 10.4. The normalized spacial score (nSPS) is 14.9. The number of rotatable bonds is 3. The largest absolute Gasteiger partial charge is 0.472 e. The first-order chi connectivity index (χ1) is 7.92. The van der Waals surface area contributed by atoms with Crippen LogP contribution in [0, 0.1) is 6.92 Å². The summed E-state index contributed by atoms with van der Waals surface area (Å²) in [6, 6.07) is 1.75. The molecule has 92 valence electrons. The number of furan rings is 1. The summed E-state index contributed by atoms with van der Waals surface area (Å²) in [5.41, 5.74) is 1.42. The number of aliphatic hydroxyl groups is 1. The van der Waals surface area contributed by atoms with Crippen molar-refractivity contribution in [2.24, 2.45) is 7.05 Å². The third-order valence-electron chi connectivity index (χ3n) is 2.93. The maximum atomic E-state index is 10.4. The Morgan fingerprint density at radius 1 is 1.59 bits per heavy atom. The molecule has 2 heterocycles. The monoisotopic (exact) mass is 254 g/mol. The Hall–Kier alpha value is -1.26. The van der Waals surface area contributed by atoms with Gasteiger partial charge >= 0.3 is 0 Å². The van der Waals surface area contributed by atoms with Crippen molar-refractivity contribution in [3.8, 4) is 0 Å². The van der Waals surface area contributed by atoms with E-state index in [9.17, 15) is 5.11 Å². The molecular formula is C12H15ClN2O2. The summed E-state index contributed by atoms with van der Waals surface area (Å²) in [6.45, 7) is 3.62. The number of hydrogen-bond acceptors (Lipinski definition) is 3. The molecule has 0 aromatic carbocycles. The third kappa shape index (κ3) is 2.23. The standard InChI is InChI=1S/C12H15ClN2O2/c1-8-10(11(13)15(3)14-8)6-12(2,16)9-4-5-17-7-9/h4-5,7,16H,6H2,1-3H3. The van der Waals surface area contributed by atoms with Gasteiger partial charge in [-0.25, -0.2) is 0 Å². The molecule has 1 atom stereocenters. The summed E-state index contributed by atoms with van der Waals surface area (Å²) in [4.78, 5) is 0. The molecule has 0 fully saturated rings. The highest BCUT2D eigenvalue weighted by molar-refractivity contribution is 6.30. The zero-order valence-corrected chi connectivity index (χ0v) is 10.8. The second kappa shape index (κ2) is 4.20. The Morgan fingerprint density at radius 2 is 2.29 bits per heavy atom. The van der Waals surface area contributed by atoms with Crippen molar-refractivity contribution in [2.45, 2.75) is 25.9 Å². The highest BCUT2D eigenvalue weighted by atomic mass is 35.5. The van der Waals surface area contributed by atoms with Gasteiger partial charge in [-0.15, -0.1) is 0 Å². The van der Waals surface area contributed by atoms with E-state index in [0.29, 0.717) is 11.6 Å². The van der Waals surface area contributed by atoms with Crippen LogP contribution in [0.25, 0.3) is 0 Å². The van der Waals surface area contributed by atoms with Crippen molar-refractivity contribution in [1.82, 2.24) is 9.78 Å². The van der Waals surface area contributed by atoms with Gasteiger partial charge in [-0.05, 0) is 19.9 Å². The molecule has 0 aliphatic rings. The highest BCUT2D eigenvalue weighted by Gasteiger charge is 2.28. The lowest BCUT2D eigenvalue weighted by molar-refractivity contribution is 0.0568. The molecule has 0 aliphatic heterocycles. The minimum absolute atomic E-state index is 0.408. The molecule has 2 aromatic heterocycles. The molecule has 1 N–H and O–H groups in total. The Bertz CT molecular complexity index is 515. The van der Waals surface area contributed by atoms with Crippen LogP contribution in [0.1, 0.15) is 23.7 Å². The summed E-state index contributed by atoms with van der Waals surface area (Å²) in [5, 5.41) is 15.2. The second-order valence-corrected chi connectivity index (χ2v) is 4.80. The Morgan fingerprint density at radius 3 is 2.76 bits per heavy atom. The average molecular weight is 255 g/mol. The number of nitrogens with zero attached hydrogens (tertiary/aromatic N) is 2. The van der Waals surface area contributed by atoms with E-state index in [0.717, 1.165) is 16.8 Å². The molecule has 0 bridgehead atoms. The molecule has 1 unspecified atom stereocenters. The van der Waals surface area contributed by atoms with Gasteiger partial charge in [0.15, 0.2) is 0 Å². The van der Waals surface area contributed by atoms with Crippen LogP contribution in [0.4, 0.5) is 0 Å². The Balaban J connectivity index is 2.32.